The predicted octanol–water partition coefficient (Wildman–Crippen LogP) is 3.24. The second-order valence-electron chi connectivity index (χ2n) is 2.68. The largest absolute Gasteiger partial charge is 0.157 e. The van der Waals surface area contributed by atoms with Gasteiger partial charge < -0.3 is 0 Å². The van der Waals surface area contributed by atoms with Gasteiger partial charge in [-0.1, -0.05) is 28.1 Å². The minimum atomic E-state index is 1.19. The summed E-state index contributed by atoms with van der Waals surface area (Å²) in [5.74, 6) is 2.46. The molecule has 0 saturated heterocycles. The molecule has 11 heavy (non-hydrogen) atoms. The Kier molecular flexibility index (Phi) is 2.23. The van der Waals surface area contributed by atoms with Crippen molar-refractivity contribution in [2.24, 2.45) is 0 Å². The fraction of sp³-hybridized carbons (Fsp3) is 0.333. The van der Waals surface area contributed by atoms with Crippen molar-refractivity contribution in [2.45, 2.75) is 12.2 Å². The average Bonchev–Trinajstić information content (AvgIpc) is 2.06. The fourth-order valence-electron chi connectivity index (χ4n) is 1.37. The summed E-state index contributed by atoms with van der Waals surface area (Å²) in [5, 5.41) is 0. The van der Waals surface area contributed by atoms with Gasteiger partial charge in [0.15, 0.2) is 0 Å². The van der Waals surface area contributed by atoms with Crippen LogP contribution in [0.4, 0.5) is 0 Å². The first-order valence-corrected chi connectivity index (χ1v) is 5.67. The van der Waals surface area contributed by atoms with Crippen molar-refractivity contribution >= 4 is 27.7 Å². The molecule has 0 N–H and O–H groups in total. The van der Waals surface area contributed by atoms with Gasteiger partial charge in [0.2, 0.25) is 0 Å². The van der Waals surface area contributed by atoms with Crippen molar-refractivity contribution in [3.8, 4) is 0 Å². The second kappa shape index (κ2) is 3.20. The van der Waals surface area contributed by atoms with Gasteiger partial charge in [-0.2, -0.15) is 11.8 Å². The van der Waals surface area contributed by atoms with E-state index in [-0.39, 0.29) is 0 Å². The van der Waals surface area contributed by atoms with Crippen molar-refractivity contribution in [1.82, 2.24) is 0 Å². The molecule has 2 heteroatoms. The summed E-state index contributed by atoms with van der Waals surface area (Å²) in [4.78, 5) is 0. The predicted molar refractivity (Wildman–Crippen MR) is 54.0 cm³/mol. The molecule has 0 spiro atoms. The maximum atomic E-state index is 3.57. The highest BCUT2D eigenvalue weighted by atomic mass is 79.9. The summed E-state index contributed by atoms with van der Waals surface area (Å²) in [6, 6.07) is 6.48. The van der Waals surface area contributed by atoms with Gasteiger partial charge in [0, 0.05) is 10.2 Å². The lowest BCUT2D eigenvalue weighted by Crippen LogP contribution is -2.02. The molecule has 0 saturated carbocycles. The third-order valence-electron chi connectivity index (χ3n) is 1.97. The number of benzene rings is 1. The molecule has 0 nitrogen and oxygen atoms in total. The molecule has 0 aromatic heterocycles. The van der Waals surface area contributed by atoms with Crippen LogP contribution in [0.25, 0.3) is 0 Å². The van der Waals surface area contributed by atoms with E-state index in [4.69, 9.17) is 0 Å². The van der Waals surface area contributed by atoms with E-state index in [0.29, 0.717) is 0 Å². The van der Waals surface area contributed by atoms with Crippen molar-refractivity contribution < 1.29 is 0 Å². The molecular formula is C9H9BrS. The third kappa shape index (κ3) is 1.47. The van der Waals surface area contributed by atoms with Gasteiger partial charge in [0.1, 0.15) is 0 Å². The lowest BCUT2D eigenvalue weighted by Gasteiger charge is -2.15. The van der Waals surface area contributed by atoms with Gasteiger partial charge in [-0.05, 0) is 29.4 Å². The Bertz CT molecular complexity index is 270. The average molecular weight is 229 g/mol. The molecule has 1 aromatic rings. The van der Waals surface area contributed by atoms with Crippen LogP contribution in [-0.2, 0) is 12.2 Å². The molecule has 0 atom stereocenters. The highest BCUT2D eigenvalue weighted by molar-refractivity contribution is 9.10. The first-order chi connectivity index (χ1) is 5.38. The molecule has 58 valence electrons. The molecule has 0 unspecified atom stereocenters. The standard InChI is InChI=1S/C9H9BrS/c10-9-3-1-2-7-6-11-5-4-8(7)9/h1-3H,4-6H2. The molecule has 1 heterocycles. The Morgan fingerprint density at radius 2 is 2.27 bits per heavy atom. The summed E-state index contributed by atoms with van der Waals surface area (Å²) in [7, 11) is 0. The van der Waals surface area contributed by atoms with Crippen LogP contribution in [0.2, 0.25) is 0 Å². The molecule has 0 amide bonds. The summed E-state index contributed by atoms with van der Waals surface area (Å²) in [5.41, 5.74) is 3.03. The molecule has 0 fully saturated rings. The zero-order chi connectivity index (χ0) is 7.68. The van der Waals surface area contributed by atoms with E-state index in [1.165, 1.54) is 33.5 Å². The van der Waals surface area contributed by atoms with E-state index in [2.05, 4.69) is 34.1 Å². The maximum Gasteiger partial charge on any atom is 0.0210 e. The van der Waals surface area contributed by atoms with E-state index in [0.717, 1.165) is 0 Å². The Balaban J connectivity index is 2.49. The van der Waals surface area contributed by atoms with Gasteiger partial charge in [-0.3, -0.25) is 0 Å². The number of fused-ring (bicyclic) bond motifs is 1. The molecule has 0 radical (unpaired) electrons. The minimum absolute atomic E-state index is 1.19. The highest BCUT2D eigenvalue weighted by Crippen LogP contribution is 2.29. The minimum Gasteiger partial charge on any atom is -0.157 e. The normalized spacial score (nSPS) is 16.1. The topological polar surface area (TPSA) is 0 Å². The fourth-order valence-corrected chi connectivity index (χ4v) is 2.96. The lowest BCUT2D eigenvalue weighted by molar-refractivity contribution is 1.07. The lowest BCUT2D eigenvalue weighted by atomic mass is 10.1. The number of rotatable bonds is 0. The quantitative estimate of drug-likeness (QED) is 0.658. The van der Waals surface area contributed by atoms with Gasteiger partial charge >= 0.3 is 0 Å². The van der Waals surface area contributed by atoms with Crippen molar-refractivity contribution in [2.75, 3.05) is 5.75 Å². The summed E-state index contributed by atoms with van der Waals surface area (Å²) >= 11 is 5.60. The third-order valence-corrected chi connectivity index (χ3v) is 3.72. The smallest absolute Gasteiger partial charge is 0.0210 e. The van der Waals surface area contributed by atoms with Crippen LogP contribution in [-0.4, -0.2) is 5.75 Å². The molecular weight excluding hydrogens is 220 g/mol. The van der Waals surface area contributed by atoms with Crippen LogP contribution < -0.4 is 0 Å². The zero-order valence-electron chi connectivity index (χ0n) is 6.14. The van der Waals surface area contributed by atoms with Crippen LogP contribution in [0.15, 0.2) is 22.7 Å². The first kappa shape index (κ1) is 7.69. The van der Waals surface area contributed by atoms with E-state index < -0.39 is 0 Å². The molecule has 0 bridgehead atoms. The monoisotopic (exact) mass is 228 g/mol. The molecule has 1 aliphatic heterocycles. The van der Waals surface area contributed by atoms with Crippen LogP contribution in [0.3, 0.4) is 0 Å². The van der Waals surface area contributed by atoms with Gasteiger partial charge in [-0.25, -0.2) is 0 Å². The van der Waals surface area contributed by atoms with Gasteiger partial charge in [0.25, 0.3) is 0 Å². The van der Waals surface area contributed by atoms with Gasteiger partial charge in [0.05, 0.1) is 0 Å². The Hall–Kier alpha value is 0.0500. The second-order valence-corrected chi connectivity index (χ2v) is 4.64. The van der Waals surface area contributed by atoms with E-state index >= 15 is 0 Å². The van der Waals surface area contributed by atoms with Gasteiger partial charge in [-0.15, -0.1) is 0 Å². The summed E-state index contributed by atoms with van der Waals surface area (Å²) in [6.45, 7) is 0. The van der Waals surface area contributed by atoms with Crippen molar-refractivity contribution in [3.63, 3.8) is 0 Å². The van der Waals surface area contributed by atoms with Crippen LogP contribution >= 0.6 is 27.7 Å². The number of hydrogen-bond donors (Lipinski definition) is 0. The van der Waals surface area contributed by atoms with Crippen molar-refractivity contribution in [1.29, 1.82) is 0 Å². The van der Waals surface area contributed by atoms with E-state index in [9.17, 15) is 0 Å². The SMILES string of the molecule is Brc1cccc2c1CCSC2. The summed E-state index contributed by atoms with van der Waals surface area (Å²) < 4.78 is 1.29. The van der Waals surface area contributed by atoms with Crippen LogP contribution in [0, 0.1) is 0 Å². The van der Waals surface area contributed by atoms with E-state index in [1.54, 1.807) is 0 Å². The molecule has 2 rings (SSSR count). The molecule has 1 aromatic carbocycles. The molecule has 1 aliphatic rings. The maximum absolute atomic E-state index is 3.57. The first-order valence-electron chi connectivity index (χ1n) is 3.72. The van der Waals surface area contributed by atoms with E-state index in [1.807, 2.05) is 11.8 Å². The number of hydrogen-bond acceptors (Lipinski definition) is 1. The van der Waals surface area contributed by atoms with Crippen molar-refractivity contribution in [3.05, 3.63) is 33.8 Å². The summed E-state index contributed by atoms with van der Waals surface area (Å²) in [6.07, 6.45) is 1.22. The Morgan fingerprint density at radius 1 is 1.36 bits per heavy atom. The Labute approximate surface area is 79.5 Å². The number of thioether (sulfide) groups is 1. The Morgan fingerprint density at radius 3 is 3.09 bits per heavy atom. The highest BCUT2D eigenvalue weighted by Gasteiger charge is 2.10. The van der Waals surface area contributed by atoms with Crippen LogP contribution in [0.1, 0.15) is 11.1 Å². The number of halogens is 1. The molecule has 0 aliphatic carbocycles. The zero-order valence-corrected chi connectivity index (χ0v) is 8.54. The van der Waals surface area contributed by atoms with Crippen LogP contribution in [0.5, 0.6) is 0 Å².